The van der Waals surface area contributed by atoms with E-state index in [2.05, 4.69) is 4.99 Å². The molecule has 2 rings (SSSR count). The summed E-state index contributed by atoms with van der Waals surface area (Å²) in [5, 5.41) is 1.27. The highest BCUT2D eigenvalue weighted by Gasteiger charge is 2.10. The van der Waals surface area contributed by atoms with Crippen LogP contribution in [0.15, 0.2) is 53.5 Å². The maximum absolute atomic E-state index is 11.8. The fourth-order valence-corrected chi connectivity index (χ4v) is 2.20. The van der Waals surface area contributed by atoms with E-state index in [0.717, 1.165) is 16.8 Å². The summed E-state index contributed by atoms with van der Waals surface area (Å²) in [5.74, 6) is -0.0616. The van der Waals surface area contributed by atoms with Crippen molar-refractivity contribution in [2.24, 2.45) is 4.99 Å². The molecule has 2 aromatic rings. The summed E-state index contributed by atoms with van der Waals surface area (Å²) in [7, 11) is 3.42. The van der Waals surface area contributed by atoms with Crippen molar-refractivity contribution in [3.8, 4) is 0 Å². The van der Waals surface area contributed by atoms with E-state index in [9.17, 15) is 4.79 Å². The Morgan fingerprint density at radius 3 is 2.27 bits per heavy atom. The lowest BCUT2D eigenvalue weighted by Gasteiger charge is -2.11. The molecule has 0 spiro atoms. The molecule has 0 heterocycles. The summed E-state index contributed by atoms with van der Waals surface area (Å²) in [5.41, 5.74) is 2.47. The van der Waals surface area contributed by atoms with E-state index in [0.29, 0.717) is 10.0 Å². The molecule has 0 fully saturated rings. The Hall–Kier alpha value is -1.84. The molecular weight excluding hydrogens is 319 g/mol. The Kier molecular flexibility index (Phi) is 5.58. The number of hydrogen-bond acceptors (Lipinski definition) is 2. The van der Waals surface area contributed by atoms with Gasteiger partial charge in [0.25, 0.3) is 0 Å². The molecule has 22 heavy (non-hydrogen) atoms. The summed E-state index contributed by atoms with van der Waals surface area (Å²) < 4.78 is 0. The Morgan fingerprint density at radius 1 is 1.00 bits per heavy atom. The molecule has 3 nitrogen and oxygen atoms in total. The third-order valence-electron chi connectivity index (χ3n) is 3.09. The van der Waals surface area contributed by atoms with Crippen LogP contribution in [0.2, 0.25) is 10.0 Å². The maximum Gasteiger partial charge on any atom is 0.243 e. The second-order valence-corrected chi connectivity index (χ2v) is 5.84. The zero-order valence-electron chi connectivity index (χ0n) is 12.4. The first-order chi connectivity index (χ1) is 10.5. The Labute approximate surface area is 140 Å². The van der Waals surface area contributed by atoms with Gasteiger partial charge in [-0.1, -0.05) is 47.5 Å². The van der Waals surface area contributed by atoms with E-state index in [4.69, 9.17) is 23.2 Å². The number of halogens is 2. The van der Waals surface area contributed by atoms with Crippen LogP contribution in [0.3, 0.4) is 0 Å². The summed E-state index contributed by atoms with van der Waals surface area (Å²) in [6, 6.07) is 14.8. The minimum atomic E-state index is -0.0616. The zero-order chi connectivity index (χ0) is 16.1. The molecule has 0 N–H and O–H groups in total. The van der Waals surface area contributed by atoms with Crippen molar-refractivity contribution in [3.63, 3.8) is 0 Å². The highest BCUT2D eigenvalue weighted by molar-refractivity contribution is 6.31. The van der Waals surface area contributed by atoms with Gasteiger partial charge in [0.2, 0.25) is 5.91 Å². The highest BCUT2D eigenvalue weighted by atomic mass is 35.5. The number of hydrogen-bond donors (Lipinski definition) is 0. The van der Waals surface area contributed by atoms with Gasteiger partial charge < -0.3 is 4.90 Å². The van der Waals surface area contributed by atoms with Gasteiger partial charge in [0.05, 0.1) is 5.71 Å². The second kappa shape index (κ2) is 7.43. The number of carbonyl (C=O) groups is 1. The van der Waals surface area contributed by atoms with Gasteiger partial charge in [-0.25, -0.2) is 0 Å². The first-order valence-corrected chi connectivity index (χ1v) is 7.49. The predicted molar refractivity (Wildman–Crippen MR) is 92.1 cm³/mol. The number of nitrogens with zero attached hydrogens (tertiary/aromatic N) is 2. The van der Waals surface area contributed by atoms with Gasteiger partial charge in [-0.2, -0.15) is 0 Å². The van der Waals surface area contributed by atoms with Crippen molar-refractivity contribution in [2.75, 3.05) is 20.6 Å². The molecule has 0 aromatic heterocycles. The lowest BCUT2D eigenvalue weighted by Crippen LogP contribution is -2.24. The lowest BCUT2D eigenvalue weighted by atomic mass is 10.0. The van der Waals surface area contributed by atoms with E-state index in [-0.39, 0.29) is 12.5 Å². The topological polar surface area (TPSA) is 32.7 Å². The smallest absolute Gasteiger partial charge is 0.243 e. The largest absolute Gasteiger partial charge is 0.347 e. The Morgan fingerprint density at radius 2 is 1.68 bits per heavy atom. The van der Waals surface area contributed by atoms with E-state index in [1.165, 1.54) is 4.90 Å². The molecule has 0 saturated carbocycles. The normalized spacial score (nSPS) is 11.4. The van der Waals surface area contributed by atoms with Gasteiger partial charge >= 0.3 is 0 Å². The molecule has 0 aliphatic rings. The van der Waals surface area contributed by atoms with E-state index in [1.54, 1.807) is 32.3 Å². The number of rotatable bonds is 4. The van der Waals surface area contributed by atoms with Crippen LogP contribution in [0, 0.1) is 0 Å². The molecule has 5 heteroatoms. The average molecular weight is 335 g/mol. The molecule has 0 radical (unpaired) electrons. The SMILES string of the molecule is CN(C)C(=O)CN=C(c1ccc(Cl)cc1)c1cccc(Cl)c1. The van der Waals surface area contributed by atoms with Gasteiger partial charge in [0.1, 0.15) is 6.54 Å². The Balaban J connectivity index is 2.42. The predicted octanol–water partition coefficient (Wildman–Crippen LogP) is 3.92. The summed E-state index contributed by atoms with van der Waals surface area (Å²) >= 11 is 12.0. The molecule has 0 bridgehead atoms. The third kappa shape index (κ3) is 4.33. The molecule has 0 atom stereocenters. The van der Waals surface area contributed by atoms with Crippen LogP contribution in [-0.4, -0.2) is 37.2 Å². The molecule has 0 saturated heterocycles. The minimum Gasteiger partial charge on any atom is -0.347 e. The van der Waals surface area contributed by atoms with Crippen LogP contribution in [0.5, 0.6) is 0 Å². The van der Waals surface area contributed by atoms with Crippen molar-refractivity contribution in [3.05, 3.63) is 69.7 Å². The Bertz CT molecular complexity index is 694. The number of likely N-dealkylation sites (N-methyl/N-ethyl adjacent to an activating group) is 1. The van der Waals surface area contributed by atoms with Crippen LogP contribution in [0.1, 0.15) is 11.1 Å². The minimum absolute atomic E-state index is 0.0616. The molecule has 114 valence electrons. The lowest BCUT2D eigenvalue weighted by molar-refractivity contribution is -0.127. The summed E-state index contributed by atoms with van der Waals surface area (Å²) in [4.78, 5) is 17.8. The van der Waals surface area contributed by atoms with E-state index in [1.807, 2.05) is 30.3 Å². The number of carbonyl (C=O) groups excluding carboxylic acids is 1. The number of benzene rings is 2. The zero-order valence-corrected chi connectivity index (χ0v) is 13.9. The van der Waals surface area contributed by atoms with Crippen LogP contribution in [0.4, 0.5) is 0 Å². The standard InChI is InChI=1S/C17H16Cl2N2O/c1-21(2)16(22)11-20-17(12-6-8-14(18)9-7-12)13-4-3-5-15(19)10-13/h3-10H,11H2,1-2H3. The first kappa shape index (κ1) is 16.5. The number of amides is 1. The van der Waals surface area contributed by atoms with Crippen molar-refractivity contribution in [1.82, 2.24) is 4.90 Å². The number of aliphatic imine (C=N–C) groups is 1. The second-order valence-electron chi connectivity index (χ2n) is 4.97. The first-order valence-electron chi connectivity index (χ1n) is 6.74. The summed E-state index contributed by atoms with van der Waals surface area (Å²) in [6.45, 7) is 0.0808. The molecule has 0 unspecified atom stereocenters. The van der Waals surface area contributed by atoms with E-state index < -0.39 is 0 Å². The maximum atomic E-state index is 11.8. The van der Waals surface area contributed by atoms with Gasteiger partial charge in [-0.15, -0.1) is 0 Å². The summed E-state index contributed by atoms with van der Waals surface area (Å²) in [6.07, 6.45) is 0. The van der Waals surface area contributed by atoms with Crippen LogP contribution >= 0.6 is 23.2 Å². The average Bonchev–Trinajstić information content (AvgIpc) is 2.49. The fourth-order valence-electron chi connectivity index (χ4n) is 1.88. The molecule has 0 aliphatic carbocycles. The van der Waals surface area contributed by atoms with Crippen LogP contribution < -0.4 is 0 Å². The van der Waals surface area contributed by atoms with Crippen LogP contribution in [0.25, 0.3) is 0 Å². The van der Waals surface area contributed by atoms with E-state index >= 15 is 0 Å². The third-order valence-corrected chi connectivity index (χ3v) is 3.57. The fraction of sp³-hybridized carbons (Fsp3) is 0.176. The van der Waals surface area contributed by atoms with Gasteiger partial charge in [0.15, 0.2) is 0 Å². The van der Waals surface area contributed by atoms with Crippen molar-refractivity contribution >= 4 is 34.8 Å². The van der Waals surface area contributed by atoms with Gasteiger partial charge in [-0.05, 0) is 24.3 Å². The highest BCUT2D eigenvalue weighted by Crippen LogP contribution is 2.18. The quantitative estimate of drug-likeness (QED) is 0.780. The van der Waals surface area contributed by atoms with Crippen molar-refractivity contribution in [1.29, 1.82) is 0 Å². The van der Waals surface area contributed by atoms with Gasteiger partial charge in [-0.3, -0.25) is 9.79 Å². The van der Waals surface area contributed by atoms with Crippen LogP contribution in [-0.2, 0) is 4.79 Å². The molecule has 1 amide bonds. The molecular formula is C17H16Cl2N2O. The monoisotopic (exact) mass is 334 g/mol. The van der Waals surface area contributed by atoms with Gasteiger partial charge in [0, 0.05) is 35.3 Å². The molecule has 2 aromatic carbocycles. The van der Waals surface area contributed by atoms with Crippen molar-refractivity contribution in [2.45, 2.75) is 0 Å². The molecule has 0 aliphatic heterocycles. The van der Waals surface area contributed by atoms with Crippen molar-refractivity contribution < 1.29 is 4.79 Å².